The predicted molar refractivity (Wildman–Crippen MR) is 148 cm³/mol. The summed E-state index contributed by atoms with van der Waals surface area (Å²) >= 11 is 0. The number of hydrazone groups is 1. The number of nitrogens with two attached hydrogens (primary N) is 1. The van der Waals surface area contributed by atoms with E-state index in [4.69, 9.17) is 19.9 Å². The molecule has 1 atom stereocenters. The molecule has 6 rings (SSSR count). The number of allylic oxidation sites excluding steroid dienone is 1. The van der Waals surface area contributed by atoms with Crippen molar-refractivity contribution in [3.8, 4) is 5.75 Å². The van der Waals surface area contributed by atoms with Crippen LogP contribution >= 0.6 is 0 Å². The van der Waals surface area contributed by atoms with Gasteiger partial charge in [0.05, 0.1) is 43.2 Å². The number of rotatable bonds is 8. The lowest BCUT2D eigenvalue weighted by atomic mass is 9.84. The van der Waals surface area contributed by atoms with Crippen LogP contribution in [-0.2, 0) is 14.3 Å². The Balaban J connectivity index is 1.28. The zero-order valence-corrected chi connectivity index (χ0v) is 22.3. The number of methoxy groups -OCH3 is 1. The molecule has 2 amide bonds. The fraction of sp³-hybridized carbons (Fsp3) is 0.429. The van der Waals surface area contributed by atoms with Crippen molar-refractivity contribution in [2.24, 2.45) is 22.7 Å². The van der Waals surface area contributed by atoms with Crippen LogP contribution in [0.4, 0.5) is 17.2 Å². The maximum Gasteiger partial charge on any atom is 0.271 e. The van der Waals surface area contributed by atoms with E-state index >= 15 is 0 Å². The molecule has 2 aliphatic carbocycles. The van der Waals surface area contributed by atoms with Crippen molar-refractivity contribution in [1.82, 2.24) is 10.2 Å². The van der Waals surface area contributed by atoms with Gasteiger partial charge in [0.15, 0.2) is 23.5 Å². The highest BCUT2D eigenvalue weighted by Crippen LogP contribution is 2.40. The molecule has 0 radical (unpaired) electrons. The van der Waals surface area contributed by atoms with Gasteiger partial charge >= 0.3 is 0 Å². The summed E-state index contributed by atoms with van der Waals surface area (Å²) in [7, 11) is 1.57. The third-order valence-corrected chi connectivity index (χ3v) is 7.59. The Morgan fingerprint density at radius 2 is 1.98 bits per heavy atom. The van der Waals surface area contributed by atoms with Gasteiger partial charge in [0, 0.05) is 24.0 Å². The first-order valence-corrected chi connectivity index (χ1v) is 13.6. The quantitative estimate of drug-likeness (QED) is 0.427. The van der Waals surface area contributed by atoms with Gasteiger partial charge in [-0.05, 0) is 36.9 Å². The molecule has 12 nitrogen and oxygen atoms in total. The van der Waals surface area contributed by atoms with Crippen molar-refractivity contribution in [2.75, 3.05) is 31.0 Å². The molecule has 40 heavy (non-hydrogen) atoms. The Hall–Kier alpha value is -4.16. The average Bonchev–Trinajstić information content (AvgIpc) is 3.54. The lowest BCUT2D eigenvalue weighted by Gasteiger charge is -2.35. The number of hydrogen-bond acceptors (Lipinski definition) is 9. The number of para-hydroxylation sites is 1. The second-order valence-corrected chi connectivity index (χ2v) is 10.4. The number of nitrogens with zero attached hydrogens (tertiary/aromatic N) is 4. The Morgan fingerprint density at radius 1 is 1.15 bits per heavy atom. The van der Waals surface area contributed by atoms with Crippen LogP contribution in [0.3, 0.4) is 0 Å². The molecule has 3 heterocycles. The second kappa shape index (κ2) is 10.8. The van der Waals surface area contributed by atoms with E-state index in [0.717, 1.165) is 49.7 Å². The normalized spacial score (nSPS) is 22.4. The number of anilines is 3. The third kappa shape index (κ3) is 5.19. The number of hydrogen-bond donors (Lipinski definition) is 3. The van der Waals surface area contributed by atoms with Crippen molar-refractivity contribution < 1.29 is 28.5 Å². The van der Waals surface area contributed by atoms with Gasteiger partial charge < -0.3 is 30.6 Å². The molecule has 2 saturated carbocycles. The molecule has 1 aromatic heterocycles. The van der Waals surface area contributed by atoms with Gasteiger partial charge in [-0.2, -0.15) is 0 Å². The van der Waals surface area contributed by atoms with Crippen LogP contribution < -0.4 is 21.1 Å². The number of amides is 2. The molecule has 1 saturated heterocycles. The molecule has 12 heteroatoms. The molecule has 0 bridgehead atoms. The van der Waals surface area contributed by atoms with Crippen LogP contribution in [0.25, 0.3) is 5.57 Å². The maximum absolute atomic E-state index is 12.2. The van der Waals surface area contributed by atoms with Gasteiger partial charge in [0.1, 0.15) is 12.0 Å². The van der Waals surface area contributed by atoms with Gasteiger partial charge in [0.25, 0.3) is 5.91 Å². The number of primary amides is 1. The molecule has 2 aliphatic heterocycles. The summed E-state index contributed by atoms with van der Waals surface area (Å²) in [5, 5.41) is 18.4. The molecule has 3 fully saturated rings. The van der Waals surface area contributed by atoms with E-state index in [0.29, 0.717) is 30.3 Å². The van der Waals surface area contributed by atoms with Gasteiger partial charge in [-0.1, -0.05) is 23.2 Å². The fourth-order valence-corrected chi connectivity index (χ4v) is 5.43. The Morgan fingerprint density at radius 3 is 2.73 bits per heavy atom. The van der Waals surface area contributed by atoms with Crippen LogP contribution in [0.1, 0.15) is 54.6 Å². The minimum Gasteiger partial charge on any atom is -0.494 e. The minimum atomic E-state index is -0.752. The van der Waals surface area contributed by atoms with Crippen molar-refractivity contribution in [2.45, 2.75) is 44.3 Å². The van der Waals surface area contributed by atoms with E-state index in [1.165, 1.54) is 0 Å². The predicted octanol–water partition coefficient (Wildman–Crippen LogP) is 3.03. The zero-order valence-electron chi connectivity index (χ0n) is 22.3. The van der Waals surface area contributed by atoms with E-state index in [2.05, 4.69) is 32.1 Å². The molecule has 208 valence electrons. The molecular weight excluding hydrogens is 514 g/mol. The number of carbonyl (C=O) groups excluding carboxylic acids is 2. The number of nitrogens with one attached hydrogen (secondary N) is 2. The van der Waals surface area contributed by atoms with Crippen LogP contribution in [0.5, 0.6) is 5.75 Å². The monoisotopic (exact) mass is 546 g/mol. The van der Waals surface area contributed by atoms with Crippen LogP contribution in [0.15, 0.2) is 35.6 Å². The van der Waals surface area contributed by atoms with Gasteiger partial charge in [-0.15, -0.1) is 10.2 Å². The van der Waals surface area contributed by atoms with E-state index in [1.54, 1.807) is 19.4 Å². The SMILES string of the molecule is COc1c(Nc2cc(NC(=O)C3CC3)nnc2C(N)=O)cccc1C1=C/[N+](=C/C2CCCCC23OCCO3)N=C1. The first-order chi connectivity index (χ1) is 19.5. The molecule has 1 spiro atoms. The standard InChI is InChI=1S/C28H31N7O5/c1-38-25-20(18-14-30-35(15-18)16-19-5-2-3-10-28(19)39-11-12-40-28)6-4-7-21(25)31-22-13-23(32-27(37)17-8-9-17)33-34-24(22)26(29)36/h4,6-7,13-17,19H,2-3,5,8-12H2,1H3,(H3-,29,31,32,33,36,37)/p+1/b35-16-. The third-order valence-electron chi connectivity index (χ3n) is 7.59. The Labute approximate surface area is 231 Å². The van der Waals surface area contributed by atoms with Gasteiger partial charge in [0.2, 0.25) is 12.1 Å². The topological polar surface area (TPSA) is 153 Å². The highest BCUT2D eigenvalue weighted by Gasteiger charge is 2.47. The molecule has 2 aromatic rings. The van der Waals surface area contributed by atoms with E-state index in [-0.39, 0.29) is 29.3 Å². The average molecular weight is 547 g/mol. The number of ether oxygens (including phenoxy) is 3. The van der Waals surface area contributed by atoms with Crippen molar-refractivity contribution in [3.63, 3.8) is 0 Å². The van der Waals surface area contributed by atoms with Gasteiger partial charge in [-0.3, -0.25) is 9.59 Å². The van der Waals surface area contributed by atoms with E-state index in [9.17, 15) is 9.59 Å². The maximum atomic E-state index is 12.2. The molecule has 1 unspecified atom stereocenters. The first-order valence-electron chi connectivity index (χ1n) is 13.6. The smallest absolute Gasteiger partial charge is 0.271 e. The largest absolute Gasteiger partial charge is 0.494 e. The molecule has 1 aromatic carbocycles. The lowest BCUT2D eigenvalue weighted by Crippen LogP contribution is -2.43. The number of carbonyl (C=O) groups is 2. The van der Waals surface area contributed by atoms with Crippen LogP contribution in [0, 0.1) is 11.8 Å². The lowest BCUT2D eigenvalue weighted by molar-refractivity contribution is -0.456. The minimum absolute atomic E-state index is 0.00849. The summed E-state index contributed by atoms with van der Waals surface area (Å²) in [5.74, 6) is -0.567. The second-order valence-electron chi connectivity index (χ2n) is 10.4. The summed E-state index contributed by atoms with van der Waals surface area (Å²) in [6.45, 7) is 1.23. The van der Waals surface area contributed by atoms with Crippen molar-refractivity contribution >= 4 is 47.0 Å². The molecule has 4 N–H and O–H groups in total. The van der Waals surface area contributed by atoms with E-state index in [1.807, 2.05) is 29.1 Å². The van der Waals surface area contributed by atoms with Crippen LogP contribution in [0.2, 0.25) is 0 Å². The Bertz CT molecular complexity index is 1430. The number of aromatic nitrogens is 2. The fourth-order valence-electron chi connectivity index (χ4n) is 5.43. The zero-order chi connectivity index (χ0) is 27.7. The number of benzene rings is 1. The van der Waals surface area contributed by atoms with E-state index < -0.39 is 11.7 Å². The van der Waals surface area contributed by atoms with Gasteiger partial charge in [-0.25, -0.2) is 0 Å². The summed E-state index contributed by atoms with van der Waals surface area (Å²) in [4.78, 5) is 24.3. The summed E-state index contributed by atoms with van der Waals surface area (Å²) in [6, 6.07) is 7.15. The summed E-state index contributed by atoms with van der Waals surface area (Å²) < 4.78 is 19.7. The van der Waals surface area contributed by atoms with Crippen LogP contribution in [-0.4, -0.2) is 65.2 Å². The molecular formula is C28H32N7O5+. The molecule has 4 aliphatic rings. The summed E-state index contributed by atoms with van der Waals surface area (Å²) in [6.07, 6.45) is 11.6. The highest BCUT2D eigenvalue weighted by atomic mass is 16.7. The first kappa shape index (κ1) is 26.1. The summed E-state index contributed by atoms with van der Waals surface area (Å²) in [5.41, 5.74) is 8.01. The van der Waals surface area contributed by atoms with Crippen molar-refractivity contribution in [3.05, 3.63) is 41.7 Å². The highest BCUT2D eigenvalue weighted by molar-refractivity contribution is 6.12. The van der Waals surface area contributed by atoms with Crippen molar-refractivity contribution in [1.29, 1.82) is 0 Å². The Kier molecular flexibility index (Phi) is 7.03.